The van der Waals surface area contributed by atoms with Gasteiger partial charge in [-0.25, -0.2) is 0 Å². The minimum atomic E-state index is -3.41. The number of aromatic nitrogens is 1. The zero-order chi connectivity index (χ0) is 19.7. The highest BCUT2D eigenvalue weighted by molar-refractivity contribution is 7.85. The molecule has 0 bridgehead atoms. The number of hydrogen-bond acceptors (Lipinski definition) is 3. The summed E-state index contributed by atoms with van der Waals surface area (Å²) in [6.07, 6.45) is 3.95. The van der Waals surface area contributed by atoms with Gasteiger partial charge in [0.15, 0.2) is 8.24 Å². The molecule has 1 aromatic heterocycles. The summed E-state index contributed by atoms with van der Waals surface area (Å²) in [5.41, 5.74) is 4.21. The van der Waals surface area contributed by atoms with E-state index in [4.69, 9.17) is 4.18 Å². The van der Waals surface area contributed by atoms with Crippen LogP contribution in [-0.4, -0.2) is 33.7 Å². The van der Waals surface area contributed by atoms with E-state index in [0.717, 1.165) is 11.8 Å². The van der Waals surface area contributed by atoms with Crippen LogP contribution in [0.3, 0.4) is 0 Å². The standard InChI is InChI=1S/C20H33NO3SSi/c1-15(2)26(16(3)4,17(5)6)21-13-11-18-9-8-10-19(20(18)21)12-14-24-25(7,22)23/h8-11,13,15-17H,12,14H2,1-7H3. The predicted molar refractivity (Wildman–Crippen MR) is 113 cm³/mol. The van der Waals surface area contributed by atoms with Gasteiger partial charge in [0, 0.05) is 5.52 Å². The first kappa shape index (κ1) is 21.2. The minimum absolute atomic E-state index is 0.183. The lowest BCUT2D eigenvalue weighted by molar-refractivity contribution is 0.326. The largest absolute Gasteiger partial charge is 0.373 e. The second kappa shape index (κ2) is 7.86. The Labute approximate surface area is 159 Å². The fourth-order valence-electron chi connectivity index (χ4n) is 4.93. The second-order valence-corrected chi connectivity index (χ2v) is 15.5. The molecule has 2 rings (SSSR count). The normalized spacial score (nSPS) is 13.5. The van der Waals surface area contributed by atoms with Gasteiger partial charge in [0.2, 0.25) is 0 Å². The molecule has 6 heteroatoms. The molecule has 146 valence electrons. The molecule has 1 aromatic carbocycles. The van der Waals surface area contributed by atoms with Gasteiger partial charge in [-0.05, 0) is 46.3 Å². The van der Waals surface area contributed by atoms with Crippen LogP contribution in [0.15, 0.2) is 30.5 Å². The van der Waals surface area contributed by atoms with Crippen LogP contribution < -0.4 is 0 Å². The molecule has 0 saturated carbocycles. The van der Waals surface area contributed by atoms with E-state index in [1.807, 2.05) is 6.07 Å². The number of rotatable bonds is 8. The van der Waals surface area contributed by atoms with Gasteiger partial charge in [-0.1, -0.05) is 59.7 Å². The first-order chi connectivity index (χ1) is 12.0. The van der Waals surface area contributed by atoms with Crippen LogP contribution in [-0.2, 0) is 20.7 Å². The molecular weight excluding hydrogens is 362 g/mol. The molecule has 0 amide bonds. The SMILES string of the molecule is CC(C)[Si](C(C)C)(C(C)C)n1ccc2cccc(CCOS(C)(=O)=O)c21. The van der Waals surface area contributed by atoms with Crippen molar-refractivity contribution in [2.45, 2.75) is 64.6 Å². The van der Waals surface area contributed by atoms with Gasteiger partial charge >= 0.3 is 0 Å². The van der Waals surface area contributed by atoms with Crippen LogP contribution in [0, 0.1) is 0 Å². The molecule has 0 spiro atoms. The van der Waals surface area contributed by atoms with Crippen molar-refractivity contribution in [1.29, 1.82) is 0 Å². The quantitative estimate of drug-likeness (QED) is 0.457. The summed E-state index contributed by atoms with van der Waals surface area (Å²) in [6, 6.07) is 8.49. The molecule has 0 unspecified atom stereocenters. The smallest absolute Gasteiger partial charge is 0.264 e. The van der Waals surface area contributed by atoms with E-state index in [0.29, 0.717) is 23.0 Å². The van der Waals surface area contributed by atoms with Crippen LogP contribution in [0.4, 0.5) is 0 Å². The number of benzene rings is 1. The Morgan fingerprint density at radius 2 is 1.58 bits per heavy atom. The highest BCUT2D eigenvalue weighted by Gasteiger charge is 2.45. The van der Waals surface area contributed by atoms with Crippen molar-refractivity contribution in [3.8, 4) is 0 Å². The van der Waals surface area contributed by atoms with Crippen LogP contribution >= 0.6 is 0 Å². The van der Waals surface area contributed by atoms with Gasteiger partial charge in [0.25, 0.3) is 10.1 Å². The Hall–Kier alpha value is -1.11. The molecule has 0 aliphatic rings. The molecule has 0 saturated heterocycles. The molecule has 4 nitrogen and oxygen atoms in total. The Morgan fingerprint density at radius 3 is 2.08 bits per heavy atom. The lowest BCUT2D eigenvalue weighted by Crippen LogP contribution is -2.51. The number of fused-ring (bicyclic) bond motifs is 1. The summed E-state index contributed by atoms with van der Waals surface area (Å²) in [4.78, 5) is 0. The lowest BCUT2D eigenvalue weighted by Gasteiger charge is -2.44. The van der Waals surface area contributed by atoms with Crippen molar-refractivity contribution in [1.82, 2.24) is 4.23 Å². The van der Waals surface area contributed by atoms with Gasteiger partial charge in [0.05, 0.1) is 12.9 Å². The Bertz CT molecular complexity index is 831. The van der Waals surface area contributed by atoms with Crippen molar-refractivity contribution in [3.63, 3.8) is 0 Å². The molecular formula is C20H33NO3SSi. The molecule has 0 aliphatic carbocycles. The average Bonchev–Trinajstić information content (AvgIpc) is 2.91. The highest BCUT2D eigenvalue weighted by Crippen LogP contribution is 2.44. The summed E-state index contributed by atoms with van der Waals surface area (Å²) in [5.74, 6) is 0. The zero-order valence-electron chi connectivity index (χ0n) is 17.1. The van der Waals surface area contributed by atoms with E-state index in [9.17, 15) is 8.42 Å². The third-order valence-corrected chi connectivity index (χ3v) is 13.0. The third-order valence-electron chi connectivity index (χ3n) is 5.66. The second-order valence-electron chi connectivity index (χ2n) is 8.17. The molecule has 0 radical (unpaired) electrons. The fraction of sp³-hybridized carbons (Fsp3) is 0.600. The van der Waals surface area contributed by atoms with Crippen molar-refractivity contribution >= 4 is 29.3 Å². The van der Waals surface area contributed by atoms with Crippen LogP contribution in [0.2, 0.25) is 16.6 Å². The van der Waals surface area contributed by atoms with Crippen LogP contribution in [0.25, 0.3) is 10.9 Å². The first-order valence-corrected chi connectivity index (χ1v) is 13.4. The maximum atomic E-state index is 11.3. The lowest BCUT2D eigenvalue weighted by atomic mass is 10.1. The zero-order valence-corrected chi connectivity index (χ0v) is 18.9. The van der Waals surface area contributed by atoms with E-state index in [1.54, 1.807) is 0 Å². The fourth-order valence-corrected chi connectivity index (χ4v) is 12.0. The number of hydrogen-bond donors (Lipinski definition) is 0. The van der Waals surface area contributed by atoms with E-state index in [2.05, 4.69) is 70.2 Å². The van der Waals surface area contributed by atoms with Gasteiger partial charge in [0.1, 0.15) is 0 Å². The van der Waals surface area contributed by atoms with Gasteiger partial charge in [-0.15, -0.1) is 0 Å². The topological polar surface area (TPSA) is 48.3 Å². The van der Waals surface area contributed by atoms with E-state index >= 15 is 0 Å². The van der Waals surface area contributed by atoms with Gasteiger partial charge < -0.3 is 4.23 Å². The Kier molecular flexibility index (Phi) is 6.41. The number of nitrogens with zero attached hydrogens (tertiary/aromatic N) is 1. The average molecular weight is 396 g/mol. The van der Waals surface area contributed by atoms with Crippen molar-refractivity contribution in [3.05, 3.63) is 36.0 Å². The molecule has 0 N–H and O–H groups in total. The molecule has 1 heterocycles. The Balaban J connectivity index is 2.61. The van der Waals surface area contributed by atoms with E-state index < -0.39 is 18.4 Å². The monoisotopic (exact) mass is 395 g/mol. The van der Waals surface area contributed by atoms with Crippen LogP contribution in [0.1, 0.15) is 47.1 Å². The third kappa shape index (κ3) is 3.92. The highest BCUT2D eigenvalue weighted by atomic mass is 32.2. The van der Waals surface area contributed by atoms with Crippen molar-refractivity contribution in [2.24, 2.45) is 0 Å². The molecule has 2 aromatic rings. The minimum Gasteiger partial charge on any atom is -0.373 e. The predicted octanol–water partition coefficient (Wildman–Crippen LogP) is 5.18. The molecule has 26 heavy (non-hydrogen) atoms. The molecule has 0 atom stereocenters. The summed E-state index contributed by atoms with van der Waals surface area (Å²) < 4.78 is 30.2. The van der Waals surface area contributed by atoms with E-state index in [1.165, 1.54) is 10.9 Å². The first-order valence-electron chi connectivity index (χ1n) is 9.45. The number of para-hydroxylation sites is 1. The maximum Gasteiger partial charge on any atom is 0.264 e. The van der Waals surface area contributed by atoms with Crippen molar-refractivity contribution in [2.75, 3.05) is 12.9 Å². The van der Waals surface area contributed by atoms with Gasteiger partial charge in [-0.2, -0.15) is 8.42 Å². The summed E-state index contributed by atoms with van der Waals surface area (Å²) in [5, 5.41) is 1.22. The van der Waals surface area contributed by atoms with Crippen LogP contribution in [0.5, 0.6) is 0 Å². The van der Waals surface area contributed by atoms with Gasteiger partial charge in [-0.3, -0.25) is 4.18 Å². The van der Waals surface area contributed by atoms with Crippen molar-refractivity contribution < 1.29 is 12.6 Å². The summed E-state index contributed by atoms with van der Waals surface area (Å²) in [7, 11) is -5.28. The molecule has 0 fully saturated rings. The maximum absolute atomic E-state index is 11.3. The molecule has 0 aliphatic heterocycles. The van der Waals surface area contributed by atoms with E-state index in [-0.39, 0.29) is 6.61 Å². The summed E-state index contributed by atoms with van der Waals surface area (Å²) in [6.45, 7) is 14.3. The summed E-state index contributed by atoms with van der Waals surface area (Å²) >= 11 is 0. The Morgan fingerprint density at radius 1 is 1.00 bits per heavy atom.